The molecule has 1 fully saturated rings. The van der Waals surface area contributed by atoms with Crippen LogP contribution >= 0.6 is 11.6 Å². The molecule has 0 saturated heterocycles. The molecule has 1 saturated carbocycles. The van der Waals surface area contributed by atoms with Crippen molar-refractivity contribution in [3.63, 3.8) is 0 Å². The minimum Gasteiger partial charge on any atom is -0.474 e. The highest BCUT2D eigenvalue weighted by Crippen LogP contribution is 2.38. The maximum absolute atomic E-state index is 6.16. The number of rotatable bonds is 3. The minimum atomic E-state index is 0.261. The zero-order chi connectivity index (χ0) is 14.0. The van der Waals surface area contributed by atoms with Crippen LogP contribution in [0.2, 0.25) is 5.15 Å². The summed E-state index contributed by atoms with van der Waals surface area (Å²) in [5.74, 6) is 0.934. The van der Waals surface area contributed by atoms with Gasteiger partial charge in [0, 0.05) is 0 Å². The van der Waals surface area contributed by atoms with E-state index in [1.807, 2.05) is 0 Å². The Kier molecular flexibility index (Phi) is 4.34. The van der Waals surface area contributed by atoms with Gasteiger partial charge in [0.05, 0.1) is 5.56 Å². The predicted molar refractivity (Wildman–Crippen MR) is 77.8 cm³/mol. The topological polar surface area (TPSA) is 35.0 Å². The van der Waals surface area contributed by atoms with Gasteiger partial charge in [-0.15, -0.1) is 0 Å². The van der Waals surface area contributed by atoms with Crippen molar-refractivity contribution in [3.8, 4) is 5.88 Å². The van der Waals surface area contributed by atoms with Crippen molar-refractivity contribution >= 4 is 11.6 Å². The zero-order valence-electron chi connectivity index (χ0n) is 12.2. The summed E-state index contributed by atoms with van der Waals surface area (Å²) < 4.78 is 6.09. The van der Waals surface area contributed by atoms with E-state index < -0.39 is 0 Å². The molecule has 0 radical (unpaired) electrons. The highest BCUT2D eigenvalue weighted by atomic mass is 35.5. The number of aromatic nitrogens is 2. The van der Waals surface area contributed by atoms with E-state index in [1.54, 1.807) is 0 Å². The van der Waals surface area contributed by atoms with E-state index in [9.17, 15) is 0 Å². The third-order valence-electron chi connectivity index (χ3n) is 3.94. The molecule has 1 heterocycles. The minimum absolute atomic E-state index is 0.261. The van der Waals surface area contributed by atoms with Crippen molar-refractivity contribution < 1.29 is 4.74 Å². The summed E-state index contributed by atoms with van der Waals surface area (Å²) in [6.07, 6.45) is 6.33. The monoisotopic (exact) mass is 282 g/mol. The standard InChI is InChI=1S/C15H23ClN2O/c1-10(2)12-13(16)17-9-18-14(12)19-11-5-7-15(3,4)8-6-11/h9-11H,5-8H2,1-4H3. The van der Waals surface area contributed by atoms with Crippen LogP contribution in [0.25, 0.3) is 0 Å². The lowest BCUT2D eigenvalue weighted by molar-refractivity contribution is 0.0936. The van der Waals surface area contributed by atoms with Gasteiger partial charge in [0.15, 0.2) is 0 Å². The molecule has 1 aliphatic rings. The molecule has 1 aliphatic carbocycles. The molecule has 0 N–H and O–H groups in total. The van der Waals surface area contributed by atoms with Crippen molar-refractivity contribution in [2.45, 2.75) is 65.4 Å². The lowest BCUT2D eigenvalue weighted by atomic mass is 9.76. The first-order valence-electron chi connectivity index (χ1n) is 7.06. The molecule has 0 atom stereocenters. The van der Waals surface area contributed by atoms with Crippen LogP contribution in [0.5, 0.6) is 5.88 Å². The Bertz CT molecular complexity index is 436. The fourth-order valence-electron chi connectivity index (χ4n) is 2.59. The maximum Gasteiger partial charge on any atom is 0.221 e. The first-order chi connectivity index (χ1) is 8.89. The fraction of sp³-hybridized carbons (Fsp3) is 0.733. The second-order valence-electron chi connectivity index (χ2n) is 6.52. The van der Waals surface area contributed by atoms with Gasteiger partial charge >= 0.3 is 0 Å². The highest BCUT2D eigenvalue weighted by molar-refractivity contribution is 6.30. The van der Waals surface area contributed by atoms with Gasteiger partial charge in [-0.05, 0) is 37.0 Å². The van der Waals surface area contributed by atoms with Crippen molar-refractivity contribution in [2.75, 3.05) is 0 Å². The molecule has 1 aromatic heterocycles. The molecule has 19 heavy (non-hydrogen) atoms. The highest BCUT2D eigenvalue weighted by Gasteiger charge is 2.29. The molecule has 1 aromatic rings. The molecular formula is C15H23ClN2O. The summed E-state index contributed by atoms with van der Waals surface area (Å²) in [7, 11) is 0. The SMILES string of the molecule is CC(C)c1c(Cl)ncnc1OC1CCC(C)(C)CC1. The van der Waals surface area contributed by atoms with E-state index in [-0.39, 0.29) is 12.0 Å². The Labute approximate surface area is 120 Å². The number of hydrogen-bond donors (Lipinski definition) is 0. The Morgan fingerprint density at radius 2 is 1.89 bits per heavy atom. The summed E-state index contributed by atoms with van der Waals surface area (Å²) in [6.45, 7) is 8.82. The van der Waals surface area contributed by atoms with Crippen LogP contribution < -0.4 is 4.74 Å². The van der Waals surface area contributed by atoms with Crippen molar-refractivity contribution in [1.82, 2.24) is 9.97 Å². The molecular weight excluding hydrogens is 260 g/mol. The zero-order valence-corrected chi connectivity index (χ0v) is 13.0. The van der Waals surface area contributed by atoms with E-state index in [2.05, 4.69) is 37.7 Å². The second-order valence-corrected chi connectivity index (χ2v) is 6.88. The number of nitrogens with zero attached hydrogens (tertiary/aromatic N) is 2. The average molecular weight is 283 g/mol. The van der Waals surface area contributed by atoms with Gasteiger partial charge in [0.2, 0.25) is 5.88 Å². The lowest BCUT2D eigenvalue weighted by Crippen LogP contribution is -2.29. The first-order valence-corrected chi connectivity index (χ1v) is 7.44. The van der Waals surface area contributed by atoms with E-state index in [1.165, 1.54) is 19.2 Å². The third-order valence-corrected chi connectivity index (χ3v) is 4.24. The number of halogens is 1. The quantitative estimate of drug-likeness (QED) is 0.760. The summed E-state index contributed by atoms with van der Waals surface area (Å²) in [5.41, 5.74) is 1.37. The van der Waals surface area contributed by atoms with Crippen LogP contribution in [0.4, 0.5) is 0 Å². The molecule has 3 nitrogen and oxygen atoms in total. The van der Waals surface area contributed by atoms with Gasteiger partial charge in [-0.2, -0.15) is 0 Å². The van der Waals surface area contributed by atoms with Gasteiger partial charge in [-0.25, -0.2) is 9.97 Å². The van der Waals surface area contributed by atoms with E-state index in [0.29, 0.717) is 16.4 Å². The molecule has 0 amide bonds. The van der Waals surface area contributed by atoms with Crippen molar-refractivity contribution in [1.29, 1.82) is 0 Å². The lowest BCUT2D eigenvalue weighted by Gasteiger charge is -2.34. The van der Waals surface area contributed by atoms with E-state index in [4.69, 9.17) is 16.3 Å². The van der Waals surface area contributed by atoms with Crippen LogP contribution in [0, 0.1) is 5.41 Å². The Morgan fingerprint density at radius 1 is 1.26 bits per heavy atom. The smallest absolute Gasteiger partial charge is 0.221 e. The predicted octanol–water partition coefficient (Wildman–Crippen LogP) is 4.60. The molecule has 2 rings (SSSR count). The number of ether oxygens (including phenoxy) is 1. The molecule has 0 aliphatic heterocycles. The first kappa shape index (κ1) is 14.6. The van der Waals surface area contributed by atoms with E-state index >= 15 is 0 Å². The van der Waals surface area contributed by atoms with Gasteiger partial charge < -0.3 is 4.74 Å². The van der Waals surface area contributed by atoms with Crippen LogP contribution in [0.15, 0.2) is 6.33 Å². The Hall–Kier alpha value is -0.830. The molecule has 0 spiro atoms. The van der Waals surface area contributed by atoms with Crippen LogP contribution in [-0.4, -0.2) is 16.1 Å². The largest absolute Gasteiger partial charge is 0.474 e. The van der Waals surface area contributed by atoms with Gasteiger partial charge in [-0.1, -0.05) is 39.3 Å². The molecule has 4 heteroatoms. The summed E-state index contributed by atoms with van der Waals surface area (Å²) >= 11 is 6.16. The molecule has 0 bridgehead atoms. The average Bonchev–Trinajstić information content (AvgIpc) is 2.31. The summed E-state index contributed by atoms with van der Waals surface area (Å²) in [6, 6.07) is 0. The Morgan fingerprint density at radius 3 is 2.47 bits per heavy atom. The van der Waals surface area contributed by atoms with E-state index in [0.717, 1.165) is 18.4 Å². The van der Waals surface area contributed by atoms with Gasteiger partial charge in [0.25, 0.3) is 0 Å². The number of hydrogen-bond acceptors (Lipinski definition) is 3. The fourth-order valence-corrected chi connectivity index (χ4v) is 2.93. The maximum atomic E-state index is 6.16. The van der Waals surface area contributed by atoms with Crippen molar-refractivity contribution in [2.24, 2.45) is 5.41 Å². The van der Waals surface area contributed by atoms with Gasteiger partial charge in [0.1, 0.15) is 17.6 Å². The van der Waals surface area contributed by atoms with Crippen LogP contribution in [0.3, 0.4) is 0 Å². The third kappa shape index (κ3) is 3.59. The molecule has 106 valence electrons. The van der Waals surface area contributed by atoms with Crippen LogP contribution in [0.1, 0.15) is 64.9 Å². The normalized spacial score (nSPS) is 19.7. The van der Waals surface area contributed by atoms with Crippen molar-refractivity contribution in [3.05, 3.63) is 17.0 Å². The Balaban J connectivity index is 2.10. The van der Waals surface area contributed by atoms with Crippen LogP contribution in [-0.2, 0) is 0 Å². The second kappa shape index (κ2) is 5.66. The summed E-state index contributed by atoms with van der Waals surface area (Å²) in [4.78, 5) is 8.32. The molecule has 0 unspecified atom stereocenters. The molecule has 0 aromatic carbocycles. The van der Waals surface area contributed by atoms with Gasteiger partial charge in [-0.3, -0.25) is 0 Å². The summed E-state index contributed by atoms with van der Waals surface area (Å²) in [5, 5.41) is 0.510.